The highest BCUT2D eigenvalue weighted by Gasteiger charge is 2.86. The Balaban J connectivity index is 0.000000116. The van der Waals surface area contributed by atoms with E-state index in [1.807, 2.05) is 19.9 Å². The topological polar surface area (TPSA) is 188 Å². The molecule has 22 aliphatic rings. The van der Waals surface area contributed by atoms with Crippen molar-refractivity contribution in [2.24, 2.45) is 207 Å². The Hall–Kier alpha value is -1.26. The number of aliphatic hydroxyl groups is 7. The van der Waals surface area contributed by atoms with Crippen molar-refractivity contribution in [3.8, 4) is 0 Å². The third-order valence-corrected chi connectivity index (χ3v) is 53.1. The Morgan fingerprint density at radius 2 is 0.874 bits per heavy atom. The van der Waals surface area contributed by atoms with E-state index in [2.05, 4.69) is 192 Å². The van der Waals surface area contributed by atoms with Crippen LogP contribution in [0, 0.1) is 207 Å². The molecule has 4 aliphatic heterocycles. The first-order valence-corrected chi connectivity index (χ1v) is 57.7. The molecule has 46 unspecified atom stereocenters. The third-order valence-electron chi connectivity index (χ3n) is 53.1. The van der Waals surface area contributed by atoms with E-state index in [-0.39, 0.29) is 52.2 Å². The summed E-state index contributed by atoms with van der Waals surface area (Å²) in [5.41, 5.74) is 3.54. The lowest BCUT2D eigenvalue weighted by molar-refractivity contribution is -0.306. The van der Waals surface area contributed by atoms with E-state index in [0.29, 0.717) is 114 Å². The fourth-order valence-corrected chi connectivity index (χ4v) is 46.0. The van der Waals surface area contributed by atoms with Gasteiger partial charge in [0.1, 0.15) is 11.7 Å². The predicted molar refractivity (Wildman–Crippen MR) is 544 cm³/mol. The minimum Gasteiger partial charge on any atom is -0.390 e. The average Bonchev–Trinajstić information content (AvgIpc) is 1.48. The van der Waals surface area contributed by atoms with Gasteiger partial charge in [0.25, 0.3) is 0 Å². The highest BCUT2D eigenvalue weighted by molar-refractivity contribution is 5.35. The van der Waals surface area contributed by atoms with Gasteiger partial charge in [-0.25, -0.2) is 0 Å². The van der Waals surface area contributed by atoms with Gasteiger partial charge in [0.2, 0.25) is 5.79 Å². The molecule has 18 saturated carbocycles. The molecule has 18 aliphatic carbocycles. The van der Waals surface area contributed by atoms with Crippen LogP contribution in [0.1, 0.15) is 438 Å². The van der Waals surface area contributed by atoms with Crippen LogP contribution in [-0.2, 0) is 23.7 Å². The second-order valence-electron chi connectivity index (χ2n) is 60.1. The second-order valence-corrected chi connectivity index (χ2v) is 60.1. The molecule has 4 spiro atoms. The molecule has 4 heterocycles. The summed E-state index contributed by atoms with van der Waals surface area (Å²) in [6.45, 7) is 69.9. The van der Waals surface area contributed by atoms with Crippen molar-refractivity contribution in [3.63, 3.8) is 0 Å². The molecule has 0 amide bonds. The summed E-state index contributed by atoms with van der Waals surface area (Å²) in [6.07, 6.45) is 49.8. The van der Waals surface area contributed by atoms with E-state index in [4.69, 9.17) is 23.7 Å². The smallest absolute Gasteiger partial charge is 0.201 e. The van der Waals surface area contributed by atoms with E-state index >= 15 is 0 Å². The minimum absolute atomic E-state index is 0.0390. The van der Waals surface area contributed by atoms with Crippen LogP contribution in [0.2, 0.25) is 0 Å². The van der Waals surface area contributed by atoms with Crippen LogP contribution in [0.3, 0.4) is 0 Å². The maximum atomic E-state index is 12.6. The maximum absolute atomic E-state index is 12.6. The van der Waals surface area contributed by atoms with Crippen molar-refractivity contribution in [2.75, 3.05) is 13.7 Å². The van der Waals surface area contributed by atoms with Gasteiger partial charge in [-0.05, 0) is 452 Å². The zero-order chi connectivity index (χ0) is 97.9. The molecule has 12 heteroatoms. The van der Waals surface area contributed by atoms with Gasteiger partial charge < -0.3 is 59.4 Å². The van der Waals surface area contributed by atoms with Crippen LogP contribution < -0.4 is 0 Å². The molecular formula is C123H204O12. The lowest BCUT2D eigenvalue weighted by Crippen LogP contribution is -2.70. The Kier molecular flexibility index (Phi) is 25.1. The zero-order valence-corrected chi connectivity index (χ0v) is 91.9. The van der Waals surface area contributed by atoms with Gasteiger partial charge in [-0.2, -0.15) is 0 Å². The normalized spacial score (nSPS) is 58.2. The number of fused-ring (bicyclic) bond motifs is 22. The van der Waals surface area contributed by atoms with Crippen molar-refractivity contribution in [2.45, 2.75) is 514 Å². The number of hydrogen-bond donors (Lipinski definition) is 7. The Labute approximate surface area is 823 Å². The molecule has 0 aromatic heterocycles. The SMILES string of the molecule is CC(C)=CC1CC(C)(O)C2C3CCC4C5(C)CCC(C)C(C)(C)C5CCC4(C)C34CCC2(C4)O1.CC(C)=CCC1OC2(O)C(C3CCC4C5(C)CCC(C)C(C)(C)C5CCC4(C)C3(O)C2O)C1(C)O.CC(C)=CCC1OC23CCC4(C2)C(CCC2C5(C)CCC(C)C(C)(C)C5CCC24C)C3C1(C)O.COCC(C)CCC1(O)OC2CC3C4CCC5CC(C)CCC5(C)C4CCC3(C)C2C1C. The van der Waals surface area contributed by atoms with Crippen molar-refractivity contribution in [1.82, 2.24) is 0 Å². The average molecular weight is 1870 g/mol. The maximum Gasteiger partial charge on any atom is 0.201 e. The first-order valence-electron chi connectivity index (χ1n) is 57.7. The number of hydrogen-bond acceptors (Lipinski definition) is 12. The largest absolute Gasteiger partial charge is 0.390 e. The highest BCUT2D eigenvalue weighted by Crippen LogP contribution is 2.87. The summed E-state index contributed by atoms with van der Waals surface area (Å²) in [7, 11) is 1.77. The van der Waals surface area contributed by atoms with E-state index < -0.39 is 63.4 Å². The van der Waals surface area contributed by atoms with Gasteiger partial charge in [0, 0.05) is 55.6 Å². The Morgan fingerprint density at radius 1 is 0.415 bits per heavy atom. The van der Waals surface area contributed by atoms with Crippen molar-refractivity contribution >= 4 is 0 Å². The number of allylic oxidation sites excluding steroid dienone is 3. The summed E-state index contributed by atoms with van der Waals surface area (Å²) in [5.74, 6) is 10.2. The van der Waals surface area contributed by atoms with Crippen LogP contribution in [0.5, 0.6) is 0 Å². The Morgan fingerprint density at radius 3 is 1.38 bits per heavy atom. The van der Waals surface area contributed by atoms with E-state index in [9.17, 15) is 35.7 Å². The third kappa shape index (κ3) is 14.1. The zero-order valence-electron chi connectivity index (χ0n) is 91.9. The lowest BCUT2D eigenvalue weighted by Gasteiger charge is -2.71. The number of ether oxygens (including phenoxy) is 5. The molecule has 4 saturated heterocycles. The molecule has 22 fully saturated rings. The van der Waals surface area contributed by atoms with Gasteiger partial charge in [-0.15, -0.1) is 0 Å². The van der Waals surface area contributed by atoms with Gasteiger partial charge in [0.05, 0.1) is 58.3 Å². The summed E-state index contributed by atoms with van der Waals surface area (Å²) in [4.78, 5) is 0. The molecular weight excluding hydrogens is 1670 g/mol. The van der Waals surface area contributed by atoms with Crippen LogP contribution in [0.25, 0.3) is 0 Å². The van der Waals surface area contributed by atoms with Crippen LogP contribution in [-0.4, -0.2) is 125 Å². The molecule has 12 nitrogen and oxygen atoms in total. The molecule has 768 valence electrons. The molecule has 4 bridgehead atoms. The van der Waals surface area contributed by atoms with E-state index in [1.54, 1.807) is 14.0 Å². The summed E-state index contributed by atoms with van der Waals surface area (Å²) < 4.78 is 32.2. The van der Waals surface area contributed by atoms with E-state index in [0.717, 1.165) is 129 Å². The van der Waals surface area contributed by atoms with Crippen LogP contribution in [0.15, 0.2) is 34.9 Å². The Bertz CT molecular complexity index is 4500. The highest BCUT2D eigenvalue weighted by atomic mass is 16.7. The fraction of sp³-hybridized carbons (Fsp3) is 0.951. The minimum atomic E-state index is -1.95. The van der Waals surface area contributed by atoms with Crippen molar-refractivity contribution < 1.29 is 59.4 Å². The molecule has 0 radical (unpaired) electrons. The van der Waals surface area contributed by atoms with E-state index in [1.165, 1.54) is 185 Å². The molecule has 135 heavy (non-hydrogen) atoms. The lowest BCUT2D eigenvalue weighted by atomic mass is 9.34. The summed E-state index contributed by atoms with van der Waals surface area (Å²) in [5, 5.41) is 83.7. The van der Waals surface area contributed by atoms with Crippen molar-refractivity contribution in [3.05, 3.63) is 34.9 Å². The summed E-state index contributed by atoms with van der Waals surface area (Å²) >= 11 is 0. The molecule has 7 N–H and O–H groups in total. The monoisotopic (exact) mass is 1870 g/mol. The second kappa shape index (κ2) is 33.1. The van der Waals surface area contributed by atoms with Crippen LogP contribution >= 0.6 is 0 Å². The quantitative estimate of drug-likeness (QED) is 0.103. The van der Waals surface area contributed by atoms with Gasteiger partial charge in [0.15, 0.2) is 5.79 Å². The van der Waals surface area contributed by atoms with Gasteiger partial charge >= 0.3 is 0 Å². The number of rotatable bonds is 10. The first kappa shape index (κ1) is 102. The predicted octanol–water partition coefficient (Wildman–Crippen LogP) is 27.4. The number of aliphatic hydroxyl groups excluding tert-OH is 1. The standard InChI is InChI=1S/2C32H52O2.C30H50O5.C29H50O3/c1-20(2)9-12-25-30(8,33)26-22-10-11-24-28(6)15-13-21(3)27(4,5)23(28)14-16-29(24,7)31(22)17-18-32(26,19-31)34-25;1-20(2)17-22-18-30(8,33)26-23-9-10-25-28(6)13-11-21(3)27(4,5)24(28)12-14-29(25,7)31(23)15-16-32(26,19-31)34-22;1-17(2)9-12-22-28(8,32)23-19-10-11-21-26(6)15-13-18(3)25(4,5)20(26)14-16-27(21,7)29(19,33)24(31)30(23,34)35-22;1-18-9-12-27(4)21(15-18)7-8-22-23(27)11-13-28(5)24(22)16-25-26(28)20(3)29(30,32-25)14-10-19(2)17-31-6/h9,21-26,33H,10-19H2,1-8H3;17,21-26,33H,9-16,18-19H2,1-8H3;9,18-24,31-34H,10-16H2,1-8H3;18-26,30H,7-17H2,1-6H3. The molecule has 0 aromatic carbocycles. The number of methoxy groups -OCH3 is 1. The van der Waals surface area contributed by atoms with Crippen molar-refractivity contribution in [1.29, 1.82) is 0 Å². The molecule has 0 aromatic rings. The van der Waals surface area contributed by atoms with Gasteiger partial charge in [-0.3, -0.25) is 0 Å². The first-order chi connectivity index (χ1) is 62.6. The molecule has 46 atom stereocenters. The van der Waals surface area contributed by atoms with Crippen LogP contribution in [0.4, 0.5) is 0 Å². The summed E-state index contributed by atoms with van der Waals surface area (Å²) in [6, 6.07) is 0. The van der Waals surface area contributed by atoms with Gasteiger partial charge in [-0.1, -0.05) is 180 Å². The fourth-order valence-electron chi connectivity index (χ4n) is 46.0. The molecule has 22 rings (SSSR count).